The molecule has 2 heterocycles. The first-order valence-electron chi connectivity index (χ1n) is 6.51. The monoisotopic (exact) mass is 269 g/mol. The van der Waals surface area contributed by atoms with Crippen LogP contribution in [0.25, 0.3) is 11.3 Å². The Morgan fingerprint density at radius 3 is 2.45 bits per heavy atom. The van der Waals surface area contributed by atoms with Gasteiger partial charge >= 0.3 is 0 Å². The van der Waals surface area contributed by atoms with E-state index in [0.29, 0.717) is 13.0 Å². The van der Waals surface area contributed by atoms with E-state index in [4.69, 9.17) is 4.74 Å². The summed E-state index contributed by atoms with van der Waals surface area (Å²) >= 11 is 0. The minimum Gasteiger partial charge on any atom is -0.497 e. The fraction of sp³-hybridized carbons (Fsp3) is 0.267. The van der Waals surface area contributed by atoms with Gasteiger partial charge in [-0.15, -0.1) is 10.2 Å². The molecule has 0 radical (unpaired) electrons. The highest BCUT2D eigenvalue weighted by molar-refractivity contribution is 5.86. The molecule has 0 atom stereocenters. The van der Waals surface area contributed by atoms with Crippen molar-refractivity contribution in [2.24, 2.45) is 0 Å². The number of methoxy groups -OCH3 is 1. The van der Waals surface area contributed by atoms with E-state index in [-0.39, 0.29) is 5.78 Å². The number of ketones is 1. The Morgan fingerprint density at radius 1 is 1.10 bits per heavy atom. The minimum absolute atomic E-state index is 0.256. The second-order valence-corrected chi connectivity index (χ2v) is 4.72. The van der Waals surface area contributed by atoms with Crippen LogP contribution in [0.3, 0.4) is 0 Å². The van der Waals surface area contributed by atoms with Crippen LogP contribution in [0, 0.1) is 0 Å². The number of Topliss-reactive ketones (excluding diaryl/α,β-unsaturated/α-hetero) is 1. The van der Waals surface area contributed by atoms with E-state index in [0.717, 1.165) is 29.4 Å². The molecule has 0 N–H and O–H groups in total. The van der Waals surface area contributed by atoms with Crippen LogP contribution in [0.5, 0.6) is 5.75 Å². The summed E-state index contributed by atoms with van der Waals surface area (Å²) in [6, 6.07) is 11.5. The minimum atomic E-state index is 0.256. The highest BCUT2D eigenvalue weighted by Crippen LogP contribution is 2.22. The Balaban J connectivity index is 1.79. The van der Waals surface area contributed by atoms with Crippen molar-refractivity contribution in [1.82, 2.24) is 10.2 Å². The number of carbonyl (C=O) groups excluding carboxylic acids is 1. The third-order valence-corrected chi connectivity index (χ3v) is 3.39. The molecular formula is C15H15N3O2. The fourth-order valence-electron chi connectivity index (χ4n) is 2.24. The molecule has 1 aromatic carbocycles. The standard InChI is InChI=1S/C15H15N3O2/c1-20-13-4-2-11(3-5-13)14-6-7-15(17-16-14)18-9-8-12(19)10-18/h2-7H,8-10H2,1H3. The average Bonchev–Trinajstić information content (AvgIpc) is 2.94. The lowest BCUT2D eigenvalue weighted by Gasteiger charge is -2.14. The molecule has 3 rings (SSSR count). The van der Waals surface area contributed by atoms with Crippen molar-refractivity contribution in [2.75, 3.05) is 25.1 Å². The predicted molar refractivity (Wildman–Crippen MR) is 75.9 cm³/mol. The third kappa shape index (κ3) is 2.47. The van der Waals surface area contributed by atoms with E-state index in [1.54, 1.807) is 7.11 Å². The van der Waals surface area contributed by atoms with E-state index >= 15 is 0 Å². The first kappa shape index (κ1) is 12.6. The Labute approximate surface area is 117 Å². The predicted octanol–water partition coefficient (Wildman–Crippen LogP) is 1.93. The maximum Gasteiger partial charge on any atom is 0.153 e. The number of aromatic nitrogens is 2. The van der Waals surface area contributed by atoms with Crippen LogP contribution in [-0.2, 0) is 4.79 Å². The molecule has 1 aliphatic heterocycles. The second-order valence-electron chi connectivity index (χ2n) is 4.72. The van der Waals surface area contributed by atoms with Crippen LogP contribution in [0.1, 0.15) is 6.42 Å². The molecule has 0 spiro atoms. The number of rotatable bonds is 3. The first-order chi connectivity index (χ1) is 9.76. The fourth-order valence-corrected chi connectivity index (χ4v) is 2.24. The van der Waals surface area contributed by atoms with Gasteiger partial charge in [-0.05, 0) is 36.4 Å². The van der Waals surface area contributed by atoms with Crippen LogP contribution in [0.4, 0.5) is 5.82 Å². The van der Waals surface area contributed by atoms with Gasteiger partial charge in [-0.3, -0.25) is 4.79 Å². The third-order valence-electron chi connectivity index (χ3n) is 3.39. The Bertz CT molecular complexity index is 608. The zero-order chi connectivity index (χ0) is 13.9. The summed E-state index contributed by atoms with van der Waals surface area (Å²) in [6.07, 6.45) is 0.599. The van der Waals surface area contributed by atoms with Crippen LogP contribution in [0.2, 0.25) is 0 Å². The molecule has 1 fully saturated rings. The number of benzene rings is 1. The smallest absolute Gasteiger partial charge is 0.153 e. The average molecular weight is 269 g/mol. The van der Waals surface area contributed by atoms with Crippen LogP contribution in [0.15, 0.2) is 36.4 Å². The highest BCUT2D eigenvalue weighted by Gasteiger charge is 2.20. The largest absolute Gasteiger partial charge is 0.497 e. The van der Waals surface area contributed by atoms with E-state index in [1.165, 1.54) is 0 Å². The van der Waals surface area contributed by atoms with E-state index in [9.17, 15) is 4.79 Å². The summed E-state index contributed by atoms with van der Waals surface area (Å²) in [5.74, 6) is 1.83. The van der Waals surface area contributed by atoms with Crippen LogP contribution in [-0.4, -0.2) is 36.2 Å². The second kappa shape index (κ2) is 5.28. The van der Waals surface area contributed by atoms with E-state index in [1.807, 2.05) is 41.3 Å². The molecule has 1 saturated heterocycles. The van der Waals surface area contributed by atoms with Gasteiger partial charge in [0.2, 0.25) is 0 Å². The molecular weight excluding hydrogens is 254 g/mol. The molecule has 1 aliphatic rings. The lowest BCUT2D eigenvalue weighted by Crippen LogP contribution is -2.21. The summed E-state index contributed by atoms with van der Waals surface area (Å²) in [4.78, 5) is 13.2. The van der Waals surface area contributed by atoms with Crippen molar-refractivity contribution in [3.63, 3.8) is 0 Å². The molecule has 1 aromatic heterocycles. The number of ether oxygens (including phenoxy) is 1. The van der Waals surface area contributed by atoms with Gasteiger partial charge in [-0.1, -0.05) is 0 Å². The number of nitrogens with zero attached hydrogens (tertiary/aromatic N) is 3. The summed E-state index contributed by atoms with van der Waals surface area (Å²) in [5, 5.41) is 8.44. The molecule has 0 bridgehead atoms. The highest BCUT2D eigenvalue weighted by atomic mass is 16.5. The summed E-state index contributed by atoms with van der Waals surface area (Å²) in [5.41, 5.74) is 1.80. The van der Waals surface area contributed by atoms with Gasteiger partial charge in [0.15, 0.2) is 11.6 Å². The number of hydrogen-bond donors (Lipinski definition) is 0. The van der Waals surface area contributed by atoms with Gasteiger partial charge in [0.1, 0.15) is 5.75 Å². The van der Waals surface area contributed by atoms with Gasteiger partial charge in [0, 0.05) is 18.5 Å². The van der Waals surface area contributed by atoms with Crippen molar-refractivity contribution in [3.05, 3.63) is 36.4 Å². The van der Waals surface area contributed by atoms with Gasteiger partial charge in [-0.25, -0.2) is 0 Å². The summed E-state index contributed by atoms with van der Waals surface area (Å²) in [6.45, 7) is 1.17. The molecule has 5 nitrogen and oxygen atoms in total. The Hall–Kier alpha value is -2.43. The number of anilines is 1. The van der Waals surface area contributed by atoms with E-state index < -0.39 is 0 Å². The lowest BCUT2D eigenvalue weighted by molar-refractivity contribution is -0.116. The zero-order valence-electron chi connectivity index (χ0n) is 11.2. The van der Waals surface area contributed by atoms with Crippen molar-refractivity contribution >= 4 is 11.6 Å². The first-order valence-corrected chi connectivity index (χ1v) is 6.51. The Morgan fingerprint density at radius 2 is 1.90 bits per heavy atom. The SMILES string of the molecule is COc1ccc(-c2ccc(N3CCC(=O)C3)nn2)cc1. The molecule has 2 aromatic rings. The lowest BCUT2D eigenvalue weighted by atomic mass is 10.1. The molecule has 5 heteroatoms. The van der Waals surface area contributed by atoms with Crippen molar-refractivity contribution in [3.8, 4) is 17.0 Å². The van der Waals surface area contributed by atoms with Gasteiger partial charge in [-0.2, -0.15) is 0 Å². The maximum absolute atomic E-state index is 11.3. The number of hydrogen-bond acceptors (Lipinski definition) is 5. The zero-order valence-corrected chi connectivity index (χ0v) is 11.2. The molecule has 20 heavy (non-hydrogen) atoms. The van der Waals surface area contributed by atoms with Gasteiger partial charge < -0.3 is 9.64 Å². The van der Waals surface area contributed by atoms with Gasteiger partial charge in [0.05, 0.1) is 19.3 Å². The molecule has 0 saturated carbocycles. The van der Waals surface area contributed by atoms with Crippen molar-refractivity contribution in [2.45, 2.75) is 6.42 Å². The van der Waals surface area contributed by atoms with Crippen molar-refractivity contribution < 1.29 is 9.53 Å². The summed E-state index contributed by atoms with van der Waals surface area (Å²) in [7, 11) is 1.64. The molecule has 102 valence electrons. The summed E-state index contributed by atoms with van der Waals surface area (Å²) < 4.78 is 5.13. The Kier molecular flexibility index (Phi) is 3.33. The van der Waals surface area contributed by atoms with Gasteiger partial charge in [0.25, 0.3) is 0 Å². The van der Waals surface area contributed by atoms with Crippen molar-refractivity contribution in [1.29, 1.82) is 0 Å². The number of carbonyl (C=O) groups is 1. The maximum atomic E-state index is 11.3. The molecule has 0 aliphatic carbocycles. The molecule has 0 unspecified atom stereocenters. The van der Waals surface area contributed by atoms with Crippen LogP contribution >= 0.6 is 0 Å². The van der Waals surface area contributed by atoms with Crippen LogP contribution < -0.4 is 9.64 Å². The van der Waals surface area contributed by atoms with E-state index in [2.05, 4.69) is 10.2 Å². The molecule has 0 amide bonds. The normalized spacial score (nSPS) is 14.7. The quantitative estimate of drug-likeness (QED) is 0.852. The topological polar surface area (TPSA) is 55.3 Å².